The lowest BCUT2D eigenvalue weighted by Crippen LogP contribution is -2.28. The van der Waals surface area contributed by atoms with E-state index in [1.54, 1.807) is 17.4 Å². The lowest BCUT2D eigenvalue weighted by molar-refractivity contribution is 0.0784. The van der Waals surface area contributed by atoms with E-state index in [2.05, 4.69) is 18.8 Å². The topological polar surface area (TPSA) is 64.2 Å². The van der Waals surface area contributed by atoms with Crippen molar-refractivity contribution < 1.29 is 4.79 Å². The molecule has 17 heavy (non-hydrogen) atoms. The van der Waals surface area contributed by atoms with Gasteiger partial charge in [-0.15, -0.1) is 0 Å². The molecule has 0 aliphatic heterocycles. The van der Waals surface area contributed by atoms with E-state index in [1.165, 1.54) is 0 Å². The van der Waals surface area contributed by atoms with E-state index in [9.17, 15) is 4.79 Å². The van der Waals surface area contributed by atoms with Crippen LogP contribution in [0.2, 0.25) is 0 Å². The van der Waals surface area contributed by atoms with Gasteiger partial charge in [0, 0.05) is 32.9 Å². The maximum atomic E-state index is 12.0. The van der Waals surface area contributed by atoms with Crippen molar-refractivity contribution in [3.8, 4) is 0 Å². The third-order valence-corrected chi connectivity index (χ3v) is 2.63. The van der Waals surface area contributed by atoms with E-state index in [1.807, 2.05) is 11.6 Å². The number of carbonyl (C=O) groups is 1. The molecule has 0 aliphatic rings. The summed E-state index contributed by atoms with van der Waals surface area (Å²) in [6.07, 6.45) is 4.41. The molecule has 1 aromatic heterocycles. The van der Waals surface area contributed by atoms with Crippen molar-refractivity contribution in [2.75, 3.05) is 20.1 Å². The zero-order chi connectivity index (χ0) is 12.8. The summed E-state index contributed by atoms with van der Waals surface area (Å²) >= 11 is 0. The summed E-state index contributed by atoms with van der Waals surface area (Å²) in [6, 6.07) is 0. The monoisotopic (exact) mass is 238 g/mol. The van der Waals surface area contributed by atoms with Gasteiger partial charge in [0.05, 0.1) is 6.33 Å². The SMILES string of the molecule is CC(C)CCN(C)C(=O)c1cn(CCN)cn1. The van der Waals surface area contributed by atoms with Crippen LogP contribution in [0.3, 0.4) is 0 Å². The summed E-state index contributed by atoms with van der Waals surface area (Å²) in [5, 5.41) is 0. The number of aromatic nitrogens is 2. The largest absolute Gasteiger partial charge is 0.340 e. The molecule has 0 spiro atoms. The molecular formula is C12H22N4O. The second kappa shape index (κ2) is 6.39. The molecular weight excluding hydrogens is 216 g/mol. The predicted octanol–water partition coefficient (Wildman–Crippen LogP) is 0.960. The Hall–Kier alpha value is -1.36. The molecule has 0 atom stereocenters. The molecule has 1 aromatic rings. The number of nitrogens with zero attached hydrogens (tertiary/aromatic N) is 3. The fraction of sp³-hybridized carbons (Fsp3) is 0.667. The molecule has 5 heteroatoms. The fourth-order valence-electron chi connectivity index (χ4n) is 1.49. The number of hydrogen-bond acceptors (Lipinski definition) is 3. The molecule has 1 amide bonds. The minimum absolute atomic E-state index is 0.0265. The Bertz CT molecular complexity index is 359. The van der Waals surface area contributed by atoms with Crippen LogP contribution in [0, 0.1) is 5.92 Å². The van der Waals surface area contributed by atoms with Gasteiger partial charge < -0.3 is 15.2 Å². The van der Waals surface area contributed by atoms with Gasteiger partial charge >= 0.3 is 0 Å². The molecule has 0 fully saturated rings. The van der Waals surface area contributed by atoms with Gasteiger partial charge in [-0.1, -0.05) is 13.8 Å². The molecule has 2 N–H and O–H groups in total. The van der Waals surface area contributed by atoms with Crippen LogP contribution in [-0.4, -0.2) is 40.5 Å². The van der Waals surface area contributed by atoms with Crippen molar-refractivity contribution in [2.24, 2.45) is 11.7 Å². The standard InChI is InChI=1S/C12H22N4O/c1-10(2)4-6-15(3)12(17)11-8-16(7-5-13)9-14-11/h8-10H,4-7,13H2,1-3H3. The first-order valence-corrected chi connectivity index (χ1v) is 6.02. The second-order valence-corrected chi connectivity index (χ2v) is 4.69. The molecule has 0 saturated carbocycles. The highest BCUT2D eigenvalue weighted by molar-refractivity contribution is 5.91. The summed E-state index contributed by atoms with van der Waals surface area (Å²) in [7, 11) is 1.81. The minimum atomic E-state index is -0.0265. The second-order valence-electron chi connectivity index (χ2n) is 4.69. The predicted molar refractivity (Wildman–Crippen MR) is 67.7 cm³/mol. The van der Waals surface area contributed by atoms with E-state index in [0.29, 0.717) is 24.7 Å². The van der Waals surface area contributed by atoms with Gasteiger partial charge in [0.1, 0.15) is 5.69 Å². The Morgan fingerprint density at radius 2 is 2.29 bits per heavy atom. The van der Waals surface area contributed by atoms with Crippen molar-refractivity contribution in [2.45, 2.75) is 26.8 Å². The molecule has 1 rings (SSSR count). The van der Waals surface area contributed by atoms with Gasteiger partial charge in [-0.3, -0.25) is 4.79 Å². The smallest absolute Gasteiger partial charge is 0.273 e. The van der Waals surface area contributed by atoms with E-state index < -0.39 is 0 Å². The third-order valence-electron chi connectivity index (χ3n) is 2.63. The Kier molecular flexibility index (Phi) is 5.15. The fourth-order valence-corrected chi connectivity index (χ4v) is 1.49. The number of nitrogens with two attached hydrogens (primary N) is 1. The highest BCUT2D eigenvalue weighted by atomic mass is 16.2. The molecule has 0 saturated heterocycles. The zero-order valence-electron chi connectivity index (χ0n) is 10.9. The van der Waals surface area contributed by atoms with Gasteiger partial charge in [0.2, 0.25) is 0 Å². The number of hydrogen-bond donors (Lipinski definition) is 1. The third kappa shape index (κ3) is 4.19. The van der Waals surface area contributed by atoms with Crippen LogP contribution in [0.15, 0.2) is 12.5 Å². The number of imidazole rings is 1. The van der Waals surface area contributed by atoms with E-state index in [4.69, 9.17) is 5.73 Å². The molecule has 0 radical (unpaired) electrons. The number of carbonyl (C=O) groups excluding carboxylic acids is 1. The van der Waals surface area contributed by atoms with Gasteiger partial charge in [0.25, 0.3) is 5.91 Å². The van der Waals surface area contributed by atoms with E-state index >= 15 is 0 Å². The van der Waals surface area contributed by atoms with Crippen molar-refractivity contribution in [3.05, 3.63) is 18.2 Å². The minimum Gasteiger partial charge on any atom is -0.340 e. The first-order chi connectivity index (χ1) is 8.04. The molecule has 0 aliphatic carbocycles. The summed E-state index contributed by atoms with van der Waals surface area (Å²) in [6.45, 7) is 6.30. The normalized spacial score (nSPS) is 10.9. The lowest BCUT2D eigenvalue weighted by Gasteiger charge is -2.16. The lowest BCUT2D eigenvalue weighted by atomic mass is 10.1. The molecule has 96 valence electrons. The Balaban J connectivity index is 2.55. The zero-order valence-corrected chi connectivity index (χ0v) is 10.9. The number of rotatable bonds is 6. The van der Waals surface area contributed by atoms with Crippen molar-refractivity contribution in [1.29, 1.82) is 0 Å². The average molecular weight is 238 g/mol. The Labute approximate surface area is 103 Å². The van der Waals surface area contributed by atoms with Crippen LogP contribution in [0.1, 0.15) is 30.8 Å². The highest BCUT2D eigenvalue weighted by Crippen LogP contribution is 2.05. The summed E-state index contributed by atoms with van der Waals surface area (Å²) in [5.41, 5.74) is 5.93. The maximum Gasteiger partial charge on any atom is 0.273 e. The molecule has 0 unspecified atom stereocenters. The quantitative estimate of drug-likeness (QED) is 0.803. The van der Waals surface area contributed by atoms with Crippen molar-refractivity contribution in [1.82, 2.24) is 14.5 Å². The first kappa shape index (κ1) is 13.7. The van der Waals surface area contributed by atoms with Crippen LogP contribution in [0.4, 0.5) is 0 Å². The van der Waals surface area contributed by atoms with Crippen LogP contribution >= 0.6 is 0 Å². The first-order valence-electron chi connectivity index (χ1n) is 6.02. The summed E-state index contributed by atoms with van der Waals surface area (Å²) < 4.78 is 1.84. The van der Waals surface area contributed by atoms with Crippen molar-refractivity contribution >= 4 is 5.91 Å². The van der Waals surface area contributed by atoms with Gasteiger partial charge in [0.15, 0.2) is 0 Å². The summed E-state index contributed by atoms with van der Waals surface area (Å²) in [5.74, 6) is 0.571. The highest BCUT2D eigenvalue weighted by Gasteiger charge is 2.14. The molecule has 0 bridgehead atoms. The average Bonchev–Trinajstić information content (AvgIpc) is 2.74. The molecule has 1 heterocycles. The van der Waals surface area contributed by atoms with Crippen molar-refractivity contribution in [3.63, 3.8) is 0 Å². The Morgan fingerprint density at radius 1 is 1.59 bits per heavy atom. The molecule has 0 aromatic carbocycles. The van der Waals surface area contributed by atoms with Gasteiger partial charge in [-0.25, -0.2) is 4.98 Å². The Morgan fingerprint density at radius 3 is 2.88 bits per heavy atom. The van der Waals surface area contributed by atoms with Gasteiger partial charge in [-0.05, 0) is 12.3 Å². The van der Waals surface area contributed by atoms with Crippen LogP contribution in [0.5, 0.6) is 0 Å². The van der Waals surface area contributed by atoms with Crippen LogP contribution < -0.4 is 5.73 Å². The number of amides is 1. The van der Waals surface area contributed by atoms with Gasteiger partial charge in [-0.2, -0.15) is 0 Å². The van der Waals surface area contributed by atoms with Crippen LogP contribution in [0.25, 0.3) is 0 Å². The van der Waals surface area contributed by atoms with Crippen LogP contribution in [-0.2, 0) is 6.54 Å². The molecule has 5 nitrogen and oxygen atoms in total. The summed E-state index contributed by atoms with van der Waals surface area (Å²) in [4.78, 5) is 17.8. The van der Waals surface area contributed by atoms with E-state index in [0.717, 1.165) is 13.0 Å². The van der Waals surface area contributed by atoms with E-state index in [-0.39, 0.29) is 5.91 Å². The maximum absolute atomic E-state index is 12.0.